The van der Waals surface area contributed by atoms with E-state index in [0.29, 0.717) is 17.8 Å². The summed E-state index contributed by atoms with van der Waals surface area (Å²) in [5.74, 6) is -0.247. The summed E-state index contributed by atoms with van der Waals surface area (Å²) in [4.78, 5) is 1.91. The average molecular weight is 222 g/mol. The first-order valence-corrected chi connectivity index (χ1v) is 5.58. The molecule has 0 radical (unpaired) electrons. The molecular formula is C12H15FN2O. The molecule has 0 aromatic heterocycles. The number of fused-ring (bicyclic) bond motifs is 1. The van der Waals surface area contributed by atoms with Crippen molar-refractivity contribution in [3.63, 3.8) is 0 Å². The Morgan fingerprint density at radius 2 is 2.38 bits per heavy atom. The molecule has 0 saturated carbocycles. The first-order chi connectivity index (χ1) is 7.67. The monoisotopic (exact) mass is 222 g/mol. The number of aliphatic hydroxyl groups is 1. The Morgan fingerprint density at radius 3 is 3.00 bits per heavy atom. The standard InChI is InChI=1S/C12H15FN2O/c1-15-10-8(3-2-4-9(10)13)11(16)12(15)5-6-14-7-12/h2-4,11,14,16H,5-7H2,1H3. The Kier molecular flexibility index (Phi) is 2.00. The molecule has 2 heterocycles. The highest BCUT2D eigenvalue weighted by atomic mass is 19.1. The number of hydrogen-bond acceptors (Lipinski definition) is 3. The lowest BCUT2D eigenvalue weighted by atomic mass is 9.90. The van der Waals surface area contributed by atoms with Gasteiger partial charge in [0.25, 0.3) is 0 Å². The van der Waals surface area contributed by atoms with E-state index in [9.17, 15) is 9.50 Å². The molecule has 1 saturated heterocycles. The van der Waals surface area contributed by atoms with Crippen molar-refractivity contribution >= 4 is 5.69 Å². The van der Waals surface area contributed by atoms with E-state index in [0.717, 1.165) is 13.0 Å². The maximum Gasteiger partial charge on any atom is 0.146 e. The summed E-state index contributed by atoms with van der Waals surface area (Å²) in [5, 5.41) is 13.6. The number of halogens is 1. The van der Waals surface area contributed by atoms with Crippen LogP contribution in [0.25, 0.3) is 0 Å². The number of benzene rings is 1. The highest BCUT2D eigenvalue weighted by molar-refractivity contribution is 5.64. The fourth-order valence-electron chi connectivity index (χ4n) is 3.02. The Balaban J connectivity index is 2.16. The second kappa shape index (κ2) is 3.18. The number of hydrogen-bond donors (Lipinski definition) is 2. The van der Waals surface area contributed by atoms with Crippen LogP contribution in [0.15, 0.2) is 18.2 Å². The van der Waals surface area contributed by atoms with Crippen LogP contribution in [-0.4, -0.2) is 30.8 Å². The van der Waals surface area contributed by atoms with E-state index in [4.69, 9.17) is 0 Å². The lowest BCUT2D eigenvalue weighted by Gasteiger charge is -2.35. The van der Waals surface area contributed by atoms with Crippen molar-refractivity contribution in [3.8, 4) is 0 Å². The number of nitrogens with zero attached hydrogens (tertiary/aromatic N) is 1. The van der Waals surface area contributed by atoms with Gasteiger partial charge in [0.2, 0.25) is 0 Å². The molecule has 2 aliphatic heterocycles. The van der Waals surface area contributed by atoms with Gasteiger partial charge in [-0.15, -0.1) is 0 Å². The van der Waals surface area contributed by atoms with E-state index in [1.54, 1.807) is 6.07 Å². The fourth-order valence-corrected chi connectivity index (χ4v) is 3.02. The van der Waals surface area contributed by atoms with Gasteiger partial charge in [0.05, 0.1) is 11.2 Å². The Morgan fingerprint density at radius 1 is 1.56 bits per heavy atom. The van der Waals surface area contributed by atoms with Crippen molar-refractivity contribution in [1.82, 2.24) is 5.32 Å². The predicted molar refractivity (Wildman–Crippen MR) is 60.0 cm³/mol. The second-order valence-corrected chi connectivity index (χ2v) is 4.67. The summed E-state index contributed by atoms with van der Waals surface area (Å²) < 4.78 is 13.8. The van der Waals surface area contributed by atoms with Gasteiger partial charge in [-0.2, -0.15) is 0 Å². The summed E-state index contributed by atoms with van der Waals surface area (Å²) in [6, 6.07) is 4.92. The molecule has 2 N–H and O–H groups in total. The van der Waals surface area contributed by atoms with Gasteiger partial charge in [-0.1, -0.05) is 12.1 Å². The molecule has 0 aliphatic carbocycles. The lowest BCUT2D eigenvalue weighted by Crippen LogP contribution is -2.48. The molecule has 2 unspecified atom stereocenters. The highest BCUT2D eigenvalue weighted by Gasteiger charge is 2.51. The third-order valence-corrected chi connectivity index (χ3v) is 3.99. The highest BCUT2D eigenvalue weighted by Crippen LogP contribution is 2.49. The van der Waals surface area contributed by atoms with Gasteiger partial charge in [-0.25, -0.2) is 4.39 Å². The minimum absolute atomic E-state index is 0.247. The van der Waals surface area contributed by atoms with E-state index in [2.05, 4.69) is 5.32 Å². The number of para-hydroxylation sites is 1. The van der Waals surface area contributed by atoms with Crippen LogP contribution in [0, 0.1) is 5.82 Å². The minimum atomic E-state index is -0.599. The number of likely N-dealkylation sites (N-methyl/N-ethyl adjacent to an activating group) is 1. The first kappa shape index (κ1) is 10.1. The van der Waals surface area contributed by atoms with Crippen LogP contribution in [0.2, 0.25) is 0 Å². The van der Waals surface area contributed by atoms with Crippen LogP contribution in [0.3, 0.4) is 0 Å². The summed E-state index contributed by atoms with van der Waals surface area (Å²) >= 11 is 0. The molecule has 0 amide bonds. The van der Waals surface area contributed by atoms with E-state index in [-0.39, 0.29) is 11.4 Å². The molecule has 2 aliphatic rings. The molecule has 1 spiro atoms. The molecule has 16 heavy (non-hydrogen) atoms. The molecule has 2 atom stereocenters. The van der Waals surface area contributed by atoms with Crippen LogP contribution < -0.4 is 10.2 Å². The van der Waals surface area contributed by atoms with Crippen molar-refractivity contribution < 1.29 is 9.50 Å². The zero-order valence-corrected chi connectivity index (χ0v) is 9.20. The summed E-state index contributed by atoms with van der Waals surface area (Å²) in [6.07, 6.45) is 0.247. The molecule has 4 heteroatoms. The molecule has 0 bridgehead atoms. The van der Waals surface area contributed by atoms with Crippen LogP contribution in [0.4, 0.5) is 10.1 Å². The lowest BCUT2D eigenvalue weighted by molar-refractivity contribution is 0.105. The van der Waals surface area contributed by atoms with Crippen molar-refractivity contribution in [1.29, 1.82) is 0 Å². The maximum atomic E-state index is 13.8. The summed E-state index contributed by atoms with van der Waals surface area (Å²) in [5.41, 5.74) is 0.912. The Labute approximate surface area is 93.9 Å². The molecule has 1 aromatic carbocycles. The van der Waals surface area contributed by atoms with E-state index in [1.165, 1.54) is 6.07 Å². The number of anilines is 1. The van der Waals surface area contributed by atoms with Crippen molar-refractivity contribution in [2.45, 2.75) is 18.1 Å². The third-order valence-electron chi connectivity index (χ3n) is 3.99. The van der Waals surface area contributed by atoms with Gasteiger partial charge >= 0.3 is 0 Å². The van der Waals surface area contributed by atoms with Crippen LogP contribution in [-0.2, 0) is 0 Å². The maximum absolute atomic E-state index is 13.8. The third kappa shape index (κ3) is 1.03. The first-order valence-electron chi connectivity index (χ1n) is 5.58. The summed E-state index contributed by atoms with van der Waals surface area (Å²) in [6.45, 7) is 1.58. The van der Waals surface area contributed by atoms with Crippen LogP contribution in [0.1, 0.15) is 18.1 Å². The van der Waals surface area contributed by atoms with Crippen molar-refractivity contribution in [2.24, 2.45) is 0 Å². The van der Waals surface area contributed by atoms with Gasteiger partial charge < -0.3 is 15.3 Å². The number of aliphatic hydroxyl groups excluding tert-OH is 1. The van der Waals surface area contributed by atoms with Crippen molar-refractivity contribution in [3.05, 3.63) is 29.6 Å². The van der Waals surface area contributed by atoms with Gasteiger partial charge in [-0.05, 0) is 19.0 Å². The Hall–Kier alpha value is -1.13. The smallest absolute Gasteiger partial charge is 0.146 e. The van der Waals surface area contributed by atoms with E-state index in [1.807, 2.05) is 18.0 Å². The van der Waals surface area contributed by atoms with Gasteiger partial charge in [0.1, 0.15) is 11.9 Å². The zero-order valence-electron chi connectivity index (χ0n) is 9.20. The second-order valence-electron chi connectivity index (χ2n) is 4.67. The topological polar surface area (TPSA) is 35.5 Å². The van der Waals surface area contributed by atoms with Crippen molar-refractivity contribution in [2.75, 3.05) is 25.0 Å². The molecule has 3 nitrogen and oxygen atoms in total. The molecular weight excluding hydrogens is 207 g/mol. The molecule has 3 rings (SSSR count). The zero-order chi connectivity index (χ0) is 11.3. The number of nitrogens with one attached hydrogen (secondary N) is 1. The normalized spacial score (nSPS) is 32.4. The Bertz CT molecular complexity index is 429. The van der Waals surface area contributed by atoms with Gasteiger partial charge in [0.15, 0.2) is 0 Å². The van der Waals surface area contributed by atoms with Crippen LogP contribution in [0.5, 0.6) is 0 Å². The SMILES string of the molecule is CN1c2c(F)cccc2C(O)C12CCNC2. The fraction of sp³-hybridized carbons (Fsp3) is 0.500. The van der Waals surface area contributed by atoms with Gasteiger partial charge in [0, 0.05) is 19.2 Å². The molecule has 86 valence electrons. The molecule has 1 fully saturated rings. The quantitative estimate of drug-likeness (QED) is 0.688. The predicted octanol–water partition coefficient (Wildman–Crippen LogP) is 1.04. The largest absolute Gasteiger partial charge is 0.386 e. The van der Waals surface area contributed by atoms with Gasteiger partial charge in [-0.3, -0.25) is 0 Å². The summed E-state index contributed by atoms with van der Waals surface area (Å²) in [7, 11) is 1.87. The van der Waals surface area contributed by atoms with E-state index >= 15 is 0 Å². The molecule has 1 aromatic rings. The minimum Gasteiger partial charge on any atom is -0.386 e. The average Bonchev–Trinajstić information content (AvgIpc) is 2.83. The van der Waals surface area contributed by atoms with E-state index < -0.39 is 6.10 Å². The van der Waals surface area contributed by atoms with Crippen LogP contribution >= 0.6 is 0 Å². The number of rotatable bonds is 0.